The van der Waals surface area contributed by atoms with Crippen LogP contribution >= 0.6 is 7.82 Å². The zero-order valence-electron chi connectivity index (χ0n) is 36.9. The van der Waals surface area contributed by atoms with Crippen LogP contribution in [0.1, 0.15) is 155 Å². The maximum Gasteiger partial charge on any atom is 0.472 e. The normalized spacial score (nSPS) is 20.8. The monoisotopic (exact) mass is 887 g/mol. The molecular formula is C46H79O14P. The van der Waals surface area contributed by atoms with Crippen LogP contribution in [0, 0.1) is 11.8 Å². The summed E-state index contributed by atoms with van der Waals surface area (Å²) in [7, 11) is -4.72. The average Bonchev–Trinajstić information content (AvgIpc) is 3.49. The van der Waals surface area contributed by atoms with E-state index in [1.165, 1.54) is 19.3 Å². The smallest absolute Gasteiger partial charge is 0.462 e. The second-order valence-electron chi connectivity index (χ2n) is 16.0. The van der Waals surface area contributed by atoms with Crippen LogP contribution in [0.15, 0.2) is 48.6 Å². The summed E-state index contributed by atoms with van der Waals surface area (Å²) in [6.07, 6.45) is 27.0. The number of ketones is 1. The number of esters is 2. The largest absolute Gasteiger partial charge is 0.472 e. The summed E-state index contributed by atoms with van der Waals surface area (Å²) in [4.78, 5) is 48.1. The summed E-state index contributed by atoms with van der Waals surface area (Å²) in [5.74, 6) is -2.29. The number of aliphatic hydroxyl groups excluding tert-OH is 5. The Morgan fingerprint density at radius 1 is 0.705 bits per heavy atom. The first-order valence-electron chi connectivity index (χ1n) is 22.8. The Hall–Kier alpha value is -2.52. The van der Waals surface area contributed by atoms with Crippen LogP contribution in [0.25, 0.3) is 0 Å². The molecule has 15 heteroatoms. The molecule has 0 bridgehead atoms. The molecule has 0 aromatic heterocycles. The highest BCUT2D eigenvalue weighted by Crippen LogP contribution is 2.43. The highest BCUT2D eigenvalue weighted by atomic mass is 31.2. The Kier molecular flexibility index (Phi) is 33.2. The van der Waals surface area contributed by atoms with E-state index in [0.29, 0.717) is 25.7 Å². The molecule has 0 spiro atoms. The second-order valence-corrected chi connectivity index (χ2v) is 17.5. The predicted octanol–water partition coefficient (Wildman–Crippen LogP) is 7.67. The number of rotatable bonds is 38. The van der Waals surface area contributed by atoms with Gasteiger partial charge in [-0.1, -0.05) is 107 Å². The first-order chi connectivity index (χ1) is 29.3. The summed E-state index contributed by atoms with van der Waals surface area (Å²) in [6, 6.07) is 0. The summed E-state index contributed by atoms with van der Waals surface area (Å²) in [6.45, 7) is 1.78. The molecule has 0 aromatic rings. The van der Waals surface area contributed by atoms with Crippen molar-refractivity contribution < 1.29 is 67.9 Å². The fourth-order valence-electron chi connectivity index (χ4n) is 6.82. The third-order valence-electron chi connectivity index (χ3n) is 10.4. The van der Waals surface area contributed by atoms with Crippen LogP contribution < -0.4 is 0 Å². The highest BCUT2D eigenvalue weighted by Gasteiger charge is 2.41. The van der Waals surface area contributed by atoms with Gasteiger partial charge in [0.25, 0.3) is 0 Å². The standard InChI is InChI=1S/C46H79O14P/c1-3-5-7-8-9-10-11-12-13-14-15-16-17-18-19-20-22-28-46(54)60-40(36-59-61(55,56)58-34-39(50)33-47)35-57-45(53)27-24-23-26-38(49)31-42-41(43(51)32-44(42)52)30-29-37(48)25-21-6-4-2/h9-10,12-13,15-16,29-30,37,39-44,47-48,50-52H,3-8,11,14,17-28,31-36H2,1-2H3,(H,55,56)/b10-9-,13-12-,16-15-,30-29+/t37-,39-,40+,41+,42+,43+,44-/m0/s1. The molecule has 0 radical (unpaired) electrons. The summed E-state index contributed by atoms with van der Waals surface area (Å²) in [5.41, 5.74) is 0. The molecule has 0 amide bonds. The van der Waals surface area contributed by atoms with Crippen LogP contribution in [-0.4, -0.2) is 105 Å². The van der Waals surface area contributed by atoms with Crippen LogP contribution in [0.3, 0.4) is 0 Å². The van der Waals surface area contributed by atoms with E-state index in [4.69, 9.17) is 19.1 Å². The van der Waals surface area contributed by atoms with E-state index in [0.717, 1.165) is 64.2 Å². The van der Waals surface area contributed by atoms with Crippen LogP contribution in [-0.2, 0) is 37.5 Å². The lowest BCUT2D eigenvalue weighted by atomic mass is 9.87. The molecule has 1 rings (SSSR count). The van der Waals surface area contributed by atoms with E-state index in [1.807, 2.05) is 0 Å². The van der Waals surface area contributed by atoms with E-state index in [-0.39, 0.29) is 37.9 Å². The molecule has 61 heavy (non-hydrogen) atoms. The lowest BCUT2D eigenvalue weighted by Crippen LogP contribution is -2.29. The van der Waals surface area contributed by atoms with Gasteiger partial charge >= 0.3 is 19.8 Å². The van der Waals surface area contributed by atoms with Crippen molar-refractivity contribution in [3.63, 3.8) is 0 Å². The number of carbonyl (C=O) groups excluding carboxylic acids is 3. The zero-order valence-corrected chi connectivity index (χ0v) is 37.8. The van der Waals surface area contributed by atoms with Crippen LogP contribution in [0.4, 0.5) is 0 Å². The van der Waals surface area contributed by atoms with Crippen molar-refractivity contribution in [2.75, 3.05) is 26.4 Å². The zero-order chi connectivity index (χ0) is 45.1. The lowest BCUT2D eigenvalue weighted by molar-refractivity contribution is -0.161. The molecule has 352 valence electrons. The Bertz CT molecular complexity index is 1330. The SMILES string of the molecule is CCCCC/C=C\C/C=C\C/C=C\CCCCCCC(=O)O[C@H](COC(=O)CCCCC(=O)C[C@@H]1[C@@H](/C=C/[C@@H](O)CCCCC)[C@H](O)C[C@@H]1O)COP(=O)(O)OC[C@@H](O)CO. The first kappa shape index (κ1) is 56.5. The van der Waals surface area contributed by atoms with Crippen molar-refractivity contribution in [2.45, 2.75) is 186 Å². The molecule has 1 aliphatic rings. The van der Waals surface area contributed by atoms with Crippen molar-refractivity contribution in [3.05, 3.63) is 48.6 Å². The molecule has 0 heterocycles. The molecule has 1 aliphatic carbocycles. The van der Waals surface area contributed by atoms with Gasteiger partial charge in [-0.2, -0.15) is 0 Å². The van der Waals surface area contributed by atoms with Crippen molar-refractivity contribution in [2.24, 2.45) is 11.8 Å². The quantitative estimate of drug-likeness (QED) is 0.0151. The maximum atomic E-state index is 12.8. The first-order valence-corrected chi connectivity index (χ1v) is 24.3. The highest BCUT2D eigenvalue weighted by molar-refractivity contribution is 7.47. The molecule has 0 aromatic carbocycles. The van der Waals surface area contributed by atoms with E-state index in [9.17, 15) is 44.3 Å². The fourth-order valence-corrected chi connectivity index (χ4v) is 7.61. The van der Waals surface area contributed by atoms with Crippen molar-refractivity contribution in [3.8, 4) is 0 Å². The van der Waals surface area contributed by atoms with E-state index >= 15 is 0 Å². The number of phosphoric ester groups is 1. The van der Waals surface area contributed by atoms with Crippen LogP contribution in [0.2, 0.25) is 0 Å². The minimum absolute atomic E-state index is 0.0513. The number of hydrogen-bond donors (Lipinski definition) is 6. The molecule has 0 aliphatic heterocycles. The second kappa shape index (κ2) is 35.9. The van der Waals surface area contributed by atoms with Gasteiger partial charge in [0.2, 0.25) is 0 Å². The predicted molar refractivity (Wildman–Crippen MR) is 235 cm³/mol. The molecule has 8 atom stereocenters. The number of unbranched alkanes of at least 4 members (excludes halogenated alkanes) is 10. The van der Waals surface area contributed by atoms with Crippen molar-refractivity contribution >= 4 is 25.5 Å². The third kappa shape index (κ3) is 30.2. The minimum Gasteiger partial charge on any atom is -0.462 e. The number of ether oxygens (including phenoxy) is 2. The minimum atomic E-state index is -4.72. The van der Waals surface area contributed by atoms with E-state index in [2.05, 4.69) is 54.8 Å². The Balaban J connectivity index is 2.49. The van der Waals surface area contributed by atoms with Gasteiger partial charge in [0.15, 0.2) is 6.10 Å². The van der Waals surface area contributed by atoms with E-state index in [1.54, 1.807) is 12.2 Å². The molecule has 1 fully saturated rings. The summed E-state index contributed by atoms with van der Waals surface area (Å²) in [5, 5.41) is 49.7. The van der Waals surface area contributed by atoms with Gasteiger partial charge in [0.1, 0.15) is 18.5 Å². The third-order valence-corrected chi connectivity index (χ3v) is 11.4. The molecule has 6 N–H and O–H groups in total. The summed E-state index contributed by atoms with van der Waals surface area (Å²) < 4.78 is 32.6. The maximum absolute atomic E-state index is 12.8. The number of carbonyl (C=O) groups is 3. The van der Waals surface area contributed by atoms with E-state index < -0.39 is 88.5 Å². The van der Waals surface area contributed by atoms with Gasteiger partial charge in [-0.25, -0.2) is 4.57 Å². The average molecular weight is 887 g/mol. The van der Waals surface area contributed by atoms with Gasteiger partial charge in [-0.05, 0) is 64.2 Å². The molecule has 0 saturated heterocycles. The van der Waals surface area contributed by atoms with Gasteiger partial charge in [-0.15, -0.1) is 0 Å². The Morgan fingerprint density at radius 3 is 1.95 bits per heavy atom. The van der Waals surface area contributed by atoms with Gasteiger partial charge < -0.3 is 39.9 Å². The van der Waals surface area contributed by atoms with Gasteiger partial charge in [-0.3, -0.25) is 23.4 Å². The van der Waals surface area contributed by atoms with Crippen LogP contribution in [0.5, 0.6) is 0 Å². The number of hydrogen-bond acceptors (Lipinski definition) is 13. The molecule has 1 saturated carbocycles. The lowest BCUT2D eigenvalue weighted by Gasteiger charge is -2.20. The van der Waals surface area contributed by atoms with Gasteiger partial charge in [0, 0.05) is 43.9 Å². The number of phosphoric acid groups is 1. The molecular weight excluding hydrogens is 807 g/mol. The topological polar surface area (TPSA) is 227 Å². The molecule has 14 nitrogen and oxygen atoms in total. The number of allylic oxidation sites excluding steroid dienone is 6. The Labute approximate surface area is 365 Å². The van der Waals surface area contributed by atoms with Gasteiger partial charge in [0.05, 0.1) is 38.1 Å². The Morgan fingerprint density at radius 2 is 1.28 bits per heavy atom. The molecule has 1 unspecified atom stereocenters. The summed E-state index contributed by atoms with van der Waals surface area (Å²) >= 11 is 0. The van der Waals surface area contributed by atoms with Crippen molar-refractivity contribution in [1.82, 2.24) is 0 Å². The number of aliphatic hydroxyl groups is 5. The fraction of sp³-hybridized carbons (Fsp3) is 0.761. The van der Waals surface area contributed by atoms with Crippen molar-refractivity contribution in [1.29, 1.82) is 0 Å². The number of Topliss-reactive ketones (excluding diaryl/α,β-unsaturated/α-hetero) is 1.